The van der Waals surface area contributed by atoms with Gasteiger partial charge in [-0.05, 0) is 20.3 Å². The quantitative estimate of drug-likeness (QED) is 0.652. The van der Waals surface area contributed by atoms with Crippen LogP contribution in [0.5, 0.6) is 5.75 Å². The van der Waals surface area contributed by atoms with Crippen LogP contribution in [0, 0.1) is 19.8 Å². The van der Waals surface area contributed by atoms with E-state index in [-0.39, 0.29) is 24.7 Å². The molecule has 11 heteroatoms. The van der Waals surface area contributed by atoms with E-state index < -0.39 is 5.92 Å². The molecule has 0 bridgehead atoms. The predicted octanol–water partition coefficient (Wildman–Crippen LogP) is 1.49. The SMILES string of the molecule is CCc1nnc(N2CC(C(=O)NCc3ncc(C)c(OC)c3C)CC2=O)s1.O=CO. The molecule has 1 atom stereocenters. The molecular weight excluding hydrogens is 410 g/mol. The summed E-state index contributed by atoms with van der Waals surface area (Å²) in [5.74, 6) is 0.116. The number of pyridine rings is 1. The second-order valence-electron chi connectivity index (χ2n) is 6.61. The third kappa shape index (κ3) is 5.29. The van der Waals surface area contributed by atoms with Crippen LogP contribution in [0.15, 0.2) is 6.20 Å². The van der Waals surface area contributed by atoms with Crippen LogP contribution in [0.3, 0.4) is 0 Å². The fourth-order valence-corrected chi connectivity index (χ4v) is 3.93. The molecule has 3 rings (SSSR count). The zero-order valence-corrected chi connectivity index (χ0v) is 18.2. The minimum absolute atomic E-state index is 0.0970. The summed E-state index contributed by atoms with van der Waals surface area (Å²) in [4.78, 5) is 39.1. The Labute approximate surface area is 178 Å². The summed E-state index contributed by atoms with van der Waals surface area (Å²) in [7, 11) is 1.62. The van der Waals surface area contributed by atoms with Crippen LogP contribution in [-0.2, 0) is 27.3 Å². The summed E-state index contributed by atoms with van der Waals surface area (Å²) in [6.45, 7) is 6.21. The highest BCUT2D eigenvalue weighted by Crippen LogP contribution is 2.28. The molecule has 30 heavy (non-hydrogen) atoms. The Morgan fingerprint density at radius 1 is 1.43 bits per heavy atom. The van der Waals surface area contributed by atoms with E-state index in [1.807, 2.05) is 20.8 Å². The van der Waals surface area contributed by atoms with Crippen LogP contribution < -0.4 is 15.0 Å². The first kappa shape index (κ1) is 23.2. The third-order valence-electron chi connectivity index (χ3n) is 4.67. The Balaban J connectivity index is 0.00000101. The molecule has 2 aromatic rings. The molecule has 2 aromatic heterocycles. The summed E-state index contributed by atoms with van der Waals surface area (Å²) in [6, 6.07) is 0. The first-order valence-electron chi connectivity index (χ1n) is 9.33. The standard InChI is InChI=1S/C18H23N5O3S.CH2O2/c1-5-14-21-22-18(27-14)23-9-12(6-15(23)24)17(25)20-8-13-11(3)16(26-4)10(2)7-19-13;2-1-3/h7,12H,5-6,8-9H2,1-4H3,(H,20,25);1H,(H,2,3). The van der Waals surface area contributed by atoms with Gasteiger partial charge in [0, 0.05) is 30.3 Å². The number of ether oxygens (including phenoxy) is 1. The van der Waals surface area contributed by atoms with Crippen LogP contribution in [0.1, 0.15) is 35.2 Å². The van der Waals surface area contributed by atoms with Gasteiger partial charge >= 0.3 is 0 Å². The number of anilines is 1. The van der Waals surface area contributed by atoms with Crippen molar-refractivity contribution in [3.05, 3.63) is 28.0 Å². The molecule has 162 valence electrons. The molecule has 1 saturated heterocycles. The highest BCUT2D eigenvalue weighted by Gasteiger charge is 2.36. The number of rotatable bonds is 6. The van der Waals surface area contributed by atoms with E-state index >= 15 is 0 Å². The fraction of sp³-hybridized carbons (Fsp3) is 0.474. The number of nitrogens with one attached hydrogen (secondary N) is 1. The number of nitrogens with zero attached hydrogens (tertiary/aromatic N) is 4. The minimum atomic E-state index is -0.404. The zero-order chi connectivity index (χ0) is 22.3. The molecule has 2 N–H and O–H groups in total. The zero-order valence-electron chi connectivity index (χ0n) is 17.3. The molecule has 0 aliphatic carbocycles. The number of carboxylic acid groups (broad SMARTS) is 1. The summed E-state index contributed by atoms with van der Waals surface area (Å²) in [5, 5.41) is 19.3. The van der Waals surface area contributed by atoms with E-state index in [4.69, 9.17) is 14.6 Å². The van der Waals surface area contributed by atoms with Gasteiger partial charge in [0.15, 0.2) is 0 Å². The van der Waals surface area contributed by atoms with Gasteiger partial charge in [-0.2, -0.15) is 0 Å². The Morgan fingerprint density at radius 3 is 2.73 bits per heavy atom. The lowest BCUT2D eigenvalue weighted by Crippen LogP contribution is -2.33. The number of methoxy groups -OCH3 is 1. The Kier molecular flexibility index (Phi) is 8.22. The Morgan fingerprint density at radius 2 is 2.13 bits per heavy atom. The van der Waals surface area contributed by atoms with Crippen molar-refractivity contribution in [3.8, 4) is 5.75 Å². The summed E-state index contributed by atoms with van der Waals surface area (Å²) in [6.07, 6.45) is 2.68. The van der Waals surface area contributed by atoms with Crippen LogP contribution in [0.25, 0.3) is 0 Å². The van der Waals surface area contributed by atoms with E-state index in [0.29, 0.717) is 18.2 Å². The number of aryl methyl sites for hydroxylation is 2. The summed E-state index contributed by atoms with van der Waals surface area (Å²) < 4.78 is 5.40. The van der Waals surface area contributed by atoms with Gasteiger partial charge in [0.05, 0.1) is 25.3 Å². The lowest BCUT2D eigenvalue weighted by molar-refractivity contribution is -0.126. The number of aromatic nitrogens is 3. The van der Waals surface area contributed by atoms with Crippen molar-refractivity contribution in [2.45, 2.75) is 40.2 Å². The number of carbonyl (C=O) groups excluding carboxylic acids is 2. The summed E-state index contributed by atoms with van der Waals surface area (Å²) in [5.41, 5.74) is 2.61. The molecule has 1 aliphatic heterocycles. The Hall–Kier alpha value is -3.08. The molecule has 3 heterocycles. The van der Waals surface area contributed by atoms with E-state index in [0.717, 1.165) is 34.0 Å². The van der Waals surface area contributed by atoms with Crippen molar-refractivity contribution in [1.82, 2.24) is 20.5 Å². The molecule has 1 fully saturated rings. The van der Waals surface area contributed by atoms with E-state index in [1.54, 1.807) is 18.2 Å². The van der Waals surface area contributed by atoms with Crippen molar-refractivity contribution in [1.29, 1.82) is 0 Å². The first-order valence-corrected chi connectivity index (χ1v) is 10.1. The van der Waals surface area contributed by atoms with E-state index in [2.05, 4.69) is 20.5 Å². The molecule has 10 nitrogen and oxygen atoms in total. The molecule has 1 unspecified atom stereocenters. The van der Waals surface area contributed by atoms with Gasteiger partial charge in [0.1, 0.15) is 10.8 Å². The van der Waals surface area contributed by atoms with Crippen molar-refractivity contribution < 1.29 is 24.2 Å². The van der Waals surface area contributed by atoms with Crippen LogP contribution >= 0.6 is 11.3 Å². The second kappa shape index (κ2) is 10.6. The van der Waals surface area contributed by atoms with E-state index in [1.165, 1.54) is 11.3 Å². The van der Waals surface area contributed by atoms with Crippen molar-refractivity contribution in [2.24, 2.45) is 5.92 Å². The van der Waals surface area contributed by atoms with Gasteiger partial charge < -0.3 is 15.2 Å². The highest BCUT2D eigenvalue weighted by atomic mass is 32.1. The number of hydrogen-bond acceptors (Lipinski definition) is 8. The van der Waals surface area contributed by atoms with Gasteiger partial charge in [-0.3, -0.25) is 24.3 Å². The van der Waals surface area contributed by atoms with Crippen molar-refractivity contribution in [3.63, 3.8) is 0 Å². The van der Waals surface area contributed by atoms with Gasteiger partial charge in [-0.1, -0.05) is 18.3 Å². The van der Waals surface area contributed by atoms with Gasteiger partial charge in [0.2, 0.25) is 16.9 Å². The average molecular weight is 436 g/mol. The molecule has 0 spiro atoms. The van der Waals surface area contributed by atoms with Crippen molar-refractivity contribution in [2.75, 3.05) is 18.6 Å². The van der Waals surface area contributed by atoms with Crippen LogP contribution in [0.4, 0.5) is 5.13 Å². The lowest BCUT2D eigenvalue weighted by atomic mass is 10.1. The monoisotopic (exact) mass is 435 g/mol. The highest BCUT2D eigenvalue weighted by molar-refractivity contribution is 7.15. The first-order chi connectivity index (χ1) is 14.4. The molecule has 0 radical (unpaired) electrons. The maximum Gasteiger partial charge on any atom is 0.290 e. The smallest absolute Gasteiger partial charge is 0.290 e. The molecule has 1 aliphatic rings. The number of carbonyl (C=O) groups is 3. The average Bonchev–Trinajstić information content (AvgIpc) is 3.34. The fourth-order valence-electron chi connectivity index (χ4n) is 3.13. The number of hydrogen-bond donors (Lipinski definition) is 2. The molecular formula is C19H25N5O5S. The van der Waals surface area contributed by atoms with E-state index in [9.17, 15) is 9.59 Å². The van der Waals surface area contributed by atoms with Crippen LogP contribution in [-0.4, -0.2) is 52.2 Å². The van der Waals surface area contributed by atoms with Crippen molar-refractivity contribution >= 4 is 34.8 Å². The predicted molar refractivity (Wildman–Crippen MR) is 111 cm³/mol. The largest absolute Gasteiger partial charge is 0.496 e. The minimum Gasteiger partial charge on any atom is -0.496 e. The third-order valence-corrected chi connectivity index (χ3v) is 5.76. The lowest BCUT2D eigenvalue weighted by Gasteiger charge is -2.15. The van der Waals surface area contributed by atoms with Gasteiger partial charge in [0.25, 0.3) is 6.47 Å². The molecule has 0 aromatic carbocycles. The number of amides is 2. The normalized spacial score (nSPS) is 15.4. The van der Waals surface area contributed by atoms with Crippen LogP contribution in [0.2, 0.25) is 0 Å². The summed E-state index contributed by atoms with van der Waals surface area (Å²) >= 11 is 1.39. The molecule has 2 amide bonds. The second-order valence-corrected chi connectivity index (χ2v) is 7.65. The topological polar surface area (TPSA) is 135 Å². The Bertz CT molecular complexity index is 917. The van der Waals surface area contributed by atoms with Gasteiger partial charge in [-0.15, -0.1) is 10.2 Å². The van der Waals surface area contributed by atoms with Gasteiger partial charge in [-0.25, -0.2) is 0 Å². The maximum atomic E-state index is 12.6. The molecule has 0 saturated carbocycles. The maximum absolute atomic E-state index is 12.6.